The van der Waals surface area contributed by atoms with Gasteiger partial charge in [0.25, 0.3) is 0 Å². The van der Waals surface area contributed by atoms with E-state index in [1.807, 2.05) is 22.9 Å². The third kappa shape index (κ3) is 3.48. The van der Waals surface area contributed by atoms with E-state index in [9.17, 15) is 14.4 Å². The summed E-state index contributed by atoms with van der Waals surface area (Å²) in [6.45, 7) is 0. The Balaban J connectivity index is 2.01. The lowest BCUT2D eigenvalue weighted by Crippen LogP contribution is -1.99. The van der Waals surface area contributed by atoms with Gasteiger partial charge in [-0.3, -0.25) is 0 Å². The summed E-state index contributed by atoms with van der Waals surface area (Å²) in [6.07, 6.45) is 3.47. The maximum Gasteiger partial charge on any atom is 0.335 e. The van der Waals surface area contributed by atoms with E-state index in [4.69, 9.17) is 5.11 Å². The molecule has 4 nitrogen and oxygen atoms in total. The molecule has 2 aromatic carbocycles. The van der Waals surface area contributed by atoms with Crippen molar-refractivity contribution >= 4 is 17.6 Å². The molecule has 0 aliphatic rings. The number of carboxylic acid groups (broad SMARTS) is 1. The third-order valence-electron chi connectivity index (χ3n) is 3.72. The molecular formula is C20H13FN2O2. The zero-order valence-electron chi connectivity index (χ0n) is 13.1. The molecule has 1 heterocycles. The minimum atomic E-state index is -0.989. The fraction of sp³-hybridized carbons (Fsp3) is 0. The second kappa shape index (κ2) is 6.85. The number of carbonyl (C=O) groups is 1. The van der Waals surface area contributed by atoms with E-state index in [2.05, 4.69) is 6.07 Å². The zero-order valence-corrected chi connectivity index (χ0v) is 13.1. The monoisotopic (exact) mass is 332 g/mol. The van der Waals surface area contributed by atoms with Crippen LogP contribution in [0.25, 0.3) is 17.3 Å². The van der Waals surface area contributed by atoms with Crippen LogP contribution in [-0.2, 0) is 0 Å². The predicted molar refractivity (Wildman–Crippen MR) is 92.6 cm³/mol. The van der Waals surface area contributed by atoms with E-state index in [0.717, 1.165) is 11.4 Å². The number of carboxylic acids is 1. The van der Waals surface area contributed by atoms with E-state index in [1.165, 1.54) is 24.3 Å². The summed E-state index contributed by atoms with van der Waals surface area (Å²) >= 11 is 0. The van der Waals surface area contributed by atoms with Crippen LogP contribution in [0.1, 0.15) is 21.6 Å². The molecule has 5 heteroatoms. The second-order valence-electron chi connectivity index (χ2n) is 5.34. The molecule has 0 aliphatic heterocycles. The average Bonchev–Trinajstić information content (AvgIpc) is 3.08. The molecule has 0 fully saturated rings. The molecule has 0 amide bonds. The maximum absolute atomic E-state index is 13.4. The van der Waals surface area contributed by atoms with Gasteiger partial charge in [-0.2, -0.15) is 5.26 Å². The van der Waals surface area contributed by atoms with Crippen molar-refractivity contribution < 1.29 is 14.3 Å². The first-order valence-corrected chi connectivity index (χ1v) is 7.47. The smallest absolute Gasteiger partial charge is 0.335 e. The van der Waals surface area contributed by atoms with Gasteiger partial charge in [-0.15, -0.1) is 0 Å². The lowest BCUT2D eigenvalue weighted by atomic mass is 10.1. The first-order valence-electron chi connectivity index (χ1n) is 7.47. The van der Waals surface area contributed by atoms with Crippen LogP contribution in [0.3, 0.4) is 0 Å². The largest absolute Gasteiger partial charge is 0.478 e. The molecule has 0 bridgehead atoms. The Morgan fingerprint density at radius 1 is 1.08 bits per heavy atom. The minimum Gasteiger partial charge on any atom is -0.478 e. The number of rotatable bonds is 4. The summed E-state index contributed by atoms with van der Waals surface area (Å²) in [4.78, 5) is 11.0. The number of hydrogen-bond acceptors (Lipinski definition) is 2. The molecule has 0 radical (unpaired) electrons. The molecule has 1 aromatic heterocycles. The normalized spacial score (nSPS) is 11.1. The molecule has 25 heavy (non-hydrogen) atoms. The average molecular weight is 332 g/mol. The number of benzene rings is 2. The topological polar surface area (TPSA) is 66.0 Å². The minimum absolute atomic E-state index is 0.200. The van der Waals surface area contributed by atoms with Crippen LogP contribution in [-0.4, -0.2) is 15.6 Å². The van der Waals surface area contributed by atoms with Crippen molar-refractivity contribution in [3.8, 4) is 11.8 Å². The third-order valence-corrected chi connectivity index (χ3v) is 3.72. The van der Waals surface area contributed by atoms with E-state index >= 15 is 0 Å². The SMILES string of the molecule is N#C/C(=C\c1cccn1-c1ccc(C(=O)O)cc1)c1cccc(F)c1. The van der Waals surface area contributed by atoms with Gasteiger partial charge in [0.1, 0.15) is 5.82 Å². The zero-order chi connectivity index (χ0) is 17.8. The highest BCUT2D eigenvalue weighted by molar-refractivity contribution is 5.89. The molecule has 1 N–H and O–H groups in total. The molecule has 3 aromatic rings. The van der Waals surface area contributed by atoms with Crippen LogP contribution in [0.4, 0.5) is 4.39 Å². The first-order chi connectivity index (χ1) is 12.1. The van der Waals surface area contributed by atoms with Crippen LogP contribution in [0.15, 0.2) is 66.9 Å². The number of allylic oxidation sites excluding steroid dienone is 1. The van der Waals surface area contributed by atoms with Gasteiger partial charge >= 0.3 is 5.97 Å². The fourth-order valence-electron chi connectivity index (χ4n) is 2.50. The highest BCUT2D eigenvalue weighted by Crippen LogP contribution is 2.21. The number of nitriles is 1. The Kier molecular flexibility index (Phi) is 4.44. The lowest BCUT2D eigenvalue weighted by Gasteiger charge is -2.08. The van der Waals surface area contributed by atoms with Gasteiger partial charge in [0, 0.05) is 17.6 Å². The molecule has 0 saturated heterocycles. The predicted octanol–water partition coefficient (Wildman–Crippen LogP) is 4.38. The molecular weight excluding hydrogens is 319 g/mol. The van der Waals surface area contributed by atoms with Crippen LogP contribution < -0.4 is 0 Å². The van der Waals surface area contributed by atoms with Crippen molar-refractivity contribution in [2.24, 2.45) is 0 Å². The lowest BCUT2D eigenvalue weighted by molar-refractivity contribution is 0.0697. The number of halogens is 1. The molecule has 0 atom stereocenters. The number of hydrogen-bond donors (Lipinski definition) is 1. The van der Waals surface area contributed by atoms with Crippen LogP contribution in [0.5, 0.6) is 0 Å². The van der Waals surface area contributed by atoms with Crippen molar-refractivity contribution in [2.75, 3.05) is 0 Å². The standard InChI is InChI=1S/C20H13FN2O2/c21-17-4-1-3-15(11-17)16(13-22)12-19-5-2-10-23(19)18-8-6-14(7-9-18)20(24)25/h1-12H,(H,24,25)/b16-12+. The highest BCUT2D eigenvalue weighted by atomic mass is 19.1. The van der Waals surface area contributed by atoms with Gasteiger partial charge in [-0.25, -0.2) is 9.18 Å². The van der Waals surface area contributed by atoms with Crippen molar-refractivity contribution in [3.05, 3.63) is 89.5 Å². The van der Waals surface area contributed by atoms with Gasteiger partial charge < -0.3 is 9.67 Å². The van der Waals surface area contributed by atoms with Crippen molar-refractivity contribution in [1.29, 1.82) is 5.26 Å². The fourth-order valence-corrected chi connectivity index (χ4v) is 2.50. The Hall–Kier alpha value is -3.65. The van der Waals surface area contributed by atoms with E-state index in [0.29, 0.717) is 11.1 Å². The van der Waals surface area contributed by atoms with E-state index < -0.39 is 11.8 Å². The Morgan fingerprint density at radius 3 is 2.48 bits per heavy atom. The highest BCUT2D eigenvalue weighted by Gasteiger charge is 2.07. The quantitative estimate of drug-likeness (QED) is 0.721. The number of aromatic nitrogens is 1. The van der Waals surface area contributed by atoms with Crippen molar-refractivity contribution in [1.82, 2.24) is 4.57 Å². The van der Waals surface area contributed by atoms with Crippen molar-refractivity contribution in [3.63, 3.8) is 0 Å². The van der Waals surface area contributed by atoms with Gasteiger partial charge in [-0.05, 0) is 60.2 Å². The van der Waals surface area contributed by atoms with Gasteiger partial charge in [-0.1, -0.05) is 12.1 Å². The summed E-state index contributed by atoms with van der Waals surface area (Å²) in [5.41, 5.74) is 2.52. The summed E-state index contributed by atoms with van der Waals surface area (Å²) in [7, 11) is 0. The molecule has 122 valence electrons. The molecule has 0 saturated carbocycles. The number of aromatic carboxylic acids is 1. The summed E-state index contributed by atoms with van der Waals surface area (Å²) in [5, 5.41) is 18.4. The Morgan fingerprint density at radius 2 is 1.84 bits per heavy atom. The van der Waals surface area contributed by atoms with E-state index in [1.54, 1.807) is 30.3 Å². The maximum atomic E-state index is 13.4. The summed E-state index contributed by atoms with van der Waals surface area (Å²) in [5.74, 6) is -1.39. The van der Waals surface area contributed by atoms with Crippen LogP contribution in [0.2, 0.25) is 0 Å². The van der Waals surface area contributed by atoms with Crippen LogP contribution >= 0.6 is 0 Å². The summed E-state index contributed by atoms with van der Waals surface area (Å²) in [6, 6.07) is 18.0. The molecule has 0 aliphatic carbocycles. The first kappa shape index (κ1) is 16.2. The second-order valence-corrected chi connectivity index (χ2v) is 5.34. The molecule has 3 rings (SSSR count). The van der Waals surface area contributed by atoms with Crippen molar-refractivity contribution in [2.45, 2.75) is 0 Å². The molecule has 0 spiro atoms. The van der Waals surface area contributed by atoms with Gasteiger partial charge in [0.15, 0.2) is 0 Å². The number of nitrogens with zero attached hydrogens (tertiary/aromatic N) is 2. The molecule has 0 unspecified atom stereocenters. The van der Waals surface area contributed by atoms with Crippen LogP contribution in [0, 0.1) is 17.1 Å². The van der Waals surface area contributed by atoms with Gasteiger partial charge in [0.05, 0.1) is 17.2 Å². The Labute approximate surface area is 143 Å². The van der Waals surface area contributed by atoms with Gasteiger partial charge in [0.2, 0.25) is 0 Å². The Bertz CT molecular complexity index is 995. The van der Waals surface area contributed by atoms with E-state index in [-0.39, 0.29) is 5.56 Å². The summed E-state index contributed by atoms with van der Waals surface area (Å²) < 4.78 is 15.2.